The molecule has 1 aromatic carbocycles. The number of rotatable bonds is 4. The Hall–Kier alpha value is -1.76. The normalized spacial score (nSPS) is 12.7. The zero-order valence-corrected chi connectivity index (χ0v) is 13.2. The molecule has 0 bridgehead atoms. The SMILES string of the molecule is CCn1ncc(Br)c1C(NN)c1cccc2cccnc12. The number of hydrogen-bond acceptors (Lipinski definition) is 4. The zero-order valence-electron chi connectivity index (χ0n) is 11.6. The maximum atomic E-state index is 5.84. The number of benzene rings is 1. The lowest BCUT2D eigenvalue weighted by Crippen LogP contribution is -2.31. The van der Waals surface area contributed by atoms with Crippen LogP contribution >= 0.6 is 15.9 Å². The smallest absolute Gasteiger partial charge is 0.0910 e. The first-order valence-corrected chi connectivity index (χ1v) is 7.56. The summed E-state index contributed by atoms with van der Waals surface area (Å²) in [4.78, 5) is 4.50. The van der Waals surface area contributed by atoms with Crippen molar-refractivity contribution in [3.05, 3.63) is 58.5 Å². The minimum atomic E-state index is -0.180. The first-order chi connectivity index (χ1) is 10.3. The molecule has 5 nitrogen and oxygen atoms in total. The van der Waals surface area contributed by atoms with E-state index in [9.17, 15) is 0 Å². The average molecular weight is 346 g/mol. The van der Waals surface area contributed by atoms with Crippen LogP contribution in [0.25, 0.3) is 10.9 Å². The molecule has 21 heavy (non-hydrogen) atoms. The van der Waals surface area contributed by atoms with Gasteiger partial charge < -0.3 is 0 Å². The summed E-state index contributed by atoms with van der Waals surface area (Å²) in [6, 6.07) is 9.91. The van der Waals surface area contributed by atoms with Gasteiger partial charge >= 0.3 is 0 Å². The number of hydrogen-bond donors (Lipinski definition) is 2. The molecule has 0 saturated heterocycles. The molecule has 6 heteroatoms. The van der Waals surface area contributed by atoms with Crippen LogP contribution in [0.5, 0.6) is 0 Å². The van der Waals surface area contributed by atoms with Gasteiger partial charge in [0, 0.05) is 23.7 Å². The number of hydrazine groups is 1. The molecular formula is C15H16BrN5. The van der Waals surface area contributed by atoms with E-state index in [2.05, 4.69) is 38.4 Å². The molecule has 3 rings (SSSR count). The van der Waals surface area contributed by atoms with Crippen LogP contribution in [0, 0.1) is 0 Å². The number of aromatic nitrogens is 3. The highest BCUT2D eigenvalue weighted by Crippen LogP contribution is 2.31. The Bertz CT molecular complexity index is 762. The predicted molar refractivity (Wildman–Crippen MR) is 86.5 cm³/mol. The summed E-state index contributed by atoms with van der Waals surface area (Å²) in [5, 5.41) is 5.45. The molecule has 3 aromatic rings. The van der Waals surface area contributed by atoms with Gasteiger partial charge in [-0.2, -0.15) is 5.10 Å². The highest BCUT2D eigenvalue weighted by Gasteiger charge is 2.22. The van der Waals surface area contributed by atoms with Crippen LogP contribution in [0.15, 0.2) is 47.2 Å². The Kier molecular flexibility index (Phi) is 4.01. The standard InChI is InChI=1S/C15H16BrN5/c1-2-21-15(12(16)9-19-21)14(20-17)11-7-3-5-10-6-4-8-18-13(10)11/h3-9,14,20H,2,17H2,1H3. The van der Waals surface area contributed by atoms with Gasteiger partial charge in [0.15, 0.2) is 0 Å². The van der Waals surface area contributed by atoms with E-state index in [1.807, 2.05) is 35.0 Å². The number of halogens is 1. The lowest BCUT2D eigenvalue weighted by molar-refractivity contribution is 0.543. The Morgan fingerprint density at radius 3 is 2.90 bits per heavy atom. The lowest BCUT2D eigenvalue weighted by Gasteiger charge is -2.19. The summed E-state index contributed by atoms with van der Waals surface area (Å²) in [7, 11) is 0. The highest BCUT2D eigenvalue weighted by molar-refractivity contribution is 9.10. The topological polar surface area (TPSA) is 68.8 Å². The van der Waals surface area contributed by atoms with E-state index in [4.69, 9.17) is 5.84 Å². The van der Waals surface area contributed by atoms with E-state index in [0.717, 1.165) is 33.2 Å². The first-order valence-electron chi connectivity index (χ1n) is 6.77. The summed E-state index contributed by atoms with van der Waals surface area (Å²) < 4.78 is 2.86. The molecule has 0 radical (unpaired) electrons. The molecule has 108 valence electrons. The van der Waals surface area contributed by atoms with E-state index in [-0.39, 0.29) is 6.04 Å². The number of nitrogens with zero attached hydrogens (tertiary/aromatic N) is 3. The highest BCUT2D eigenvalue weighted by atomic mass is 79.9. The quantitative estimate of drug-likeness (QED) is 0.563. The fourth-order valence-electron chi connectivity index (χ4n) is 2.59. The van der Waals surface area contributed by atoms with E-state index in [0.29, 0.717) is 0 Å². The lowest BCUT2D eigenvalue weighted by atomic mass is 10.0. The molecule has 0 aliphatic rings. The third-order valence-electron chi connectivity index (χ3n) is 3.55. The number of nitrogens with two attached hydrogens (primary N) is 1. The van der Waals surface area contributed by atoms with E-state index >= 15 is 0 Å². The second kappa shape index (κ2) is 5.93. The third-order valence-corrected chi connectivity index (χ3v) is 4.16. The van der Waals surface area contributed by atoms with E-state index < -0.39 is 0 Å². The van der Waals surface area contributed by atoms with E-state index in [1.54, 1.807) is 12.4 Å². The number of pyridine rings is 1. The molecule has 0 amide bonds. The van der Waals surface area contributed by atoms with Gasteiger partial charge in [-0.3, -0.25) is 15.5 Å². The zero-order chi connectivity index (χ0) is 14.8. The Morgan fingerprint density at radius 2 is 2.14 bits per heavy atom. The van der Waals surface area contributed by atoms with Crippen LogP contribution in [0.2, 0.25) is 0 Å². The molecule has 0 spiro atoms. The molecule has 3 N–H and O–H groups in total. The minimum Gasteiger partial charge on any atom is -0.271 e. The summed E-state index contributed by atoms with van der Waals surface area (Å²) in [6.07, 6.45) is 3.59. The molecule has 0 fully saturated rings. The van der Waals surface area contributed by atoms with Gasteiger partial charge in [-0.05, 0) is 28.9 Å². The van der Waals surface area contributed by atoms with Gasteiger partial charge in [-0.15, -0.1) is 0 Å². The third kappa shape index (κ3) is 2.46. The van der Waals surface area contributed by atoms with Crippen molar-refractivity contribution < 1.29 is 0 Å². The maximum Gasteiger partial charge on any atom is 0.0910 e. The van der Waals surface area contributed by atoms with Gasteiger partial charge in [0.05, 0.1) is 27.9 Å². The fourth-order valence-corrected chi connectivity index (χ4v) is 3.11. The fraction of sp³-hybridized carbons (Fsp3) is 0.200. The molecule has 2 aromatic heterocycles. The van der Waals surface area contributed by atoms with Crippen LogP contribution < -0.4 is 11.3 Å². The largest absolute Gasteiger partial charge is 0.271 e. The van der Waals surface area contributed by atoms with Gasteiger partial charge in [0.25, 0.3) is 0 Å². The number of nitrogens with one attached hydrogen (secondary N) is 1. The van der Waals surface area contributed by atoms with Crippen molar-refractivity contribution in [2.24, 2.45) is 5.84 Å². The van der Waals surface area contributed by atoms with Crippen molar-refractivity contribution in [2.45, 2.75) is 19.5 Å². The van der Waals surface area contributed by atoms with Gasteiger partial charge in [-0.1, -0.05) is 24.3 Å². The summed E-state index contributed by atoms with van der Waals surface area (Å²) in [5.74, 6) is 5.84. The summed E-state index contributed by atoms with van der Waals surface area (Å²) >= 11 is 3.56. The molecule has 0 saturated carbocycles. The predicted octanol–water partition coefficient (Wildman–Crippen LogP) is 2.77. The molecule has 0 aliphatic heterocycles. The van der Waals surface area contributed by atoms with Crippen molar-refractivity contribution >= 4 is 26.8 Å². The van der Waals surface area contributed by atoms with Crippen molar-refractivity contribution in [1.82, 2.24) is 20.2 Å². The van der Waals surface area contributed by atoms with Gasteiger partial charge in [0.1, 0.15) is 0 Å². The number of para-hydroxylation sites is 1. The Labute approximate surface area is 131 Å². The molecule has 0 aliphatic carbocycles. The van der Waals surface area contributed by atoms with Crippen LogP contribution in [0.4, 0.5) is 0 Å². The summed E-state index contributed by atoms with van der Waals surface area (Å²) in [5.41, 5.74) is 5.87. The average Bonchev–Trinajstić information content (AvgIpc) is 2.90. The van der Waals surface area contributed by atoms with Crippen LogP contribution in [0.3, 0.4) is 0 Å². The molecule has 1 atom stereocenters. The second-order valence-electron chi connectivity index (χ2n) is 4.72. The molecule has 1 unspecified atom stereocenters. The van der Waals surface area contributed by atoms with Crippen molar-refractivity contribution in [3.63, 3.8) is 0 Å². The van der Waals surface area contributed by atoms with Crippen molar-refractivity contribution in [3.8, 4) is 0 Å². The second-order valence-corrected chi connectivity index (χ2v) is 5.57. The maximum absolute atomic E-state index is 5.84. The van der Waals surface area contributed by atoms with Crippen LogP contribution in [0.1, 0.15) is 24.2 Å². The van der Waals surface area contributed by atoms with Crippen LogP contribution in [-0.2, 0) is 6.54 Å². The summed E-state index contributed by atoms with van der Waals surface area (Å²) in [6.45, 7) is 2.83. The van der Waals surface area contributed by atoms with Crippen molar-refractivity contribution in [1.29, 1.82) is 0 Å². The number of aryl methyl sites for hydroxylation is 1. The Balaban J connectivity index is 2.21. The first kappa shape index (κ1) is 14.2. The van der Waals surface area contributed by atoms with Gasteiger partial charge in [0.2, 0.25) is 0 Å². The molecular weight excluding hydrogens is 330 g/mol. The van der Waals surface area contributed by atoms with Crippen molar-refractivity contribution in [2.75, 3.05) is 0 Å². The van der Waals surface area contributed by atoms with E-state index in [1.165, 1.54) is 0 Å². The number of fused-ring (bicyclic) bond motifs is 1. The monoisotopic (exact) mass is 345 g/mol. The van der Waals surface area contributed by atoms with Crippen LogP contribution in [-0.4, -0.2) is 14.8 Å². The van der Waals surface area contributed by atoms with Gasteiger partial charge in [-0.25, -0.2) is 5.43 Å². The Morgan fingerprint density at radius 1 is 1.33 bits per heavy atom. The minimum absolute atomic E-state index is 0.180. The molecule has 2 heterocycles.